The molecule has 2 atom stereocenters. The van der Waals surface area contributed by atoms with Crippen LogP contribution in [0.25, 0.3) is 0 Å². The van der Waals surface area contributed by atoms with E-state index in [2.05, 4.69) is 13.1 Å². The molecule has 1 fully saturated rings. The maximum atomic E-state index is 6.16. The maximum Gasteiger partial charge on any atom is 0.140 e. The van der Waals surface area contributed by atoms with E-state index >= 15 is 0 Å². The predicted molar refractivity (Wildman–Crippen MR) is 47.7 cm³/mol. The minimum Gasteiger partial charge on any atom is -0.362 e. The van der Waals surface area contributed by atoms with Gasteiger partial charge in [0.1, 0.15) is 4.68 Å². The first kappa shape index (κ1) is 8.85. The molecule has 0 radical (unpaired) electrons. The van der Waals surface area contributed by atoms with Gasteiger partial charge in [-0.1, -0.05) is 24.7 Å². The van der Waals surface area contributed by atoms with E-state index in [-0.39, 0.29) is 5.38 Å². The monoisotopic (exact) mass is 198 g/mol. The minimum absolute atomic E-state index is 0.0285. The fraction of sp³-hybridized carbons (Fsp3) is 1.00. The Kier molecular flexibility index (Phi) is 2.67. The number of halogens is 2. The van der Waals surface area contributed by atoms with Crippen molar-refractivity contribution in [3.63, 3.8) is 0 Å². The van der Waals surface area contributed by atoms with Crippen LogP contribution in [-0.2, 0) is 4.74 Å². The summed E-state index contributed by atoms with van der Waals surface area (Å²) in [6.45, 7) is 5.05. The Labute approximate surface area is 73.3 Å². The summed E-state index contributed by atoms with van der Waals surface area (Å²) in [4.78, 5) is 0. The van der Waals surface area contributed by atoms with Crippen LogP contribution in [0.1, 0.15) is 6.42 Å². The topological polar surface area (TPSA) is 9.23 Å². The molecule has 1 heterocycles. The van der Waals surface area contributed by atoms with Crippen molar-refractivity contribution in [1.29, 1.82) is 0 Å². The van der Waals surface area contributed by atoms with E-state index < -0.39 is 13.5 Å². The molecule has 4 heteroatoms. The average molecular weight is 199 g/mol. The molecule has 0 bridgehead atoms. The zero-order valence-electron chi connectivity index (χ0n) is 6.23. The fourth-order valence-electron chi connectivity index (χ4n) is 1.13. The van der Waals surface area contributed by atoms with Crippen LogP contribution in [0.3, 0.4) is 0 Å². The van der Waals surface area contributed by atoms with Gasteiger partial charge in [0.25, 0.3) is 0 Å². The molecule has 60 valence electrons. The second kappa shape index (κ2) is 3.01. The molecule has 0 spiro atoms. The quantitative estimate of drug-likeness (QED) is 0.463. The molecule has 1 saturated heterocycles. The predicted octanol–water partition coefficient (Wildman–Crippen LogP) is 1.98. The van der Waals surface area contributed by atoms with Crippen molar-refractivity contribution in [3.8, 4) is 0 Å². The van der Waals surface area contributed by atoms with Crippen molar-refractivity contribution in [2.45, 2.75) is 29.6 Å². The highest BCUT2D eigenvalue weighted by molar-refractivity contribution is 6.71. The standard InChI is InChI=1S/C6H12Cl2OSi/c1-10(2)6(8)5(7)3-4-9-6/h5,10H,3-4H2,1-2H3. The first-order chi connectivity index (χ1) is 4.57. The first-order valence-electron chi connectivity index (χ1n) is 3.54. The maximum absolute atomic E-state index is 6.16. The molecule has 0 aliphatic carbocycles. The Balaban J connectivity index is 2.66. The van der Waals surface area contributed by atoms with Crippen molar-refractivity contribution >= 4 is 32.0 Å². The Morgan fingerprint density at radius 1 is 1.60 bits per heavy atom. The zero-order chi connectivity index (χ0) is 7.78. The van der Waals surface area contributed by atoms with Crippen LogP contribution in [0.4, 0.5) is 0 Å². The highest BCUT2D eigenvalue weighted by Gasteiger charge is 2.44. The van der Waals surface area contributed by atoms with Gasteiger partial charge in [0, 0.05) is 0 Å². The molecule has 1 rings (SSSR count). The number of hydrogen-bond donors (Lipinski definition) is 0. The molecule has 0 amide bonds. The lowest BCUT2D eigenvalue weighted by molar-refractivity contribution is 0.134. The smallest absolute Gasteiger partial charge is 0.140 e. The Morgan fingerprint density at radius 2 is 2.20 bits per heavy atom. The molecule has 1 nitrogen and oxygen atoms in total. The largest absolute Gasteiger partial charge is 0.362 e. The third-order valence-corrected chi connectivity index (χ3v) is 6.60. The van der Waals surface area contributed by atoms with Crippen LogP contribution in [0.5, 0.6) is 0 Å². The van der Waals surface area contributed by atoms with E-state index in [1.165, 1.54) is 0 Å². The summed E-state index contributed by atoms with van der Waals surface area (Å²) in [7, 11) is -0.985. The zero-order valence-corrected chi connectivity index (χ0v) is 8.90. The van der Waals surface area contributed by atoms with Gasteiger partial charge in [-0.2, -0.15) is 0 Å². The summed E-state index contributed by atoms with van der Waals surface area (Å²) in [5.74, 6) is 0. The molecule has 10 heavy (non-hydrogen) atoms. The normalized spacial score (nSPS) is 41.1. The Bertz CT molecular complexity index is 131. The van der Waals surface area contributed by atoms with Gasteiger partial charge >= 0.3 is 0 Å². The lowest BCUT2D eigenvalue weighted by Crippen LogP contribution is -2.42. The number of hydrogen-bond acceptors (Lipinski definition) is 1. The number of ether oxygens (including phenoxy) is 1. The molecule has 0 aromatic carbocycles. The van der Waals surface area contributed by atoms with Crippen LogP contribution in [0.2, 0.25) is 13.1 Å². The Hall–Kier alpha value is 0.757. The van der Waals surface area contributed by atoms with E-state index in [1.807, 2.05) is 0 Å². The second-order valence-electron chi connectivity index (χ2n) is 2.96. The highest BCUT2D eigenvalue weighted by atomic mass is 35.5. The summed E-state index contributed by atoms with van der Waals surface area (Å²) in [5.41, 5.74) is 0. The van der Waals surface area contributed by atoms with E-state index in [1.54, 1.807) is 0 Å². The summed E-state index contributed by atoms with van der Waals surface area (Å²) >= 11 is 12.2. The summed E-state index contributed by atoms with van der Waals surface area (Å²) in [5, 5.41) is 0.0285. The van der Waals surface area contributed by atoms with Crippen molar-refractivity contribution < 1.29 is 4.74 Å². The van der Waals surface area contributed by atoms with Crippen molar-refractivity contribution in [2.24, 2.45) is 0 Å². The SMILES string of the molecule is C[SiH](C)C1(Cl)OCCC1Cl. The van der Waals surface area contributed by atoms with Crippen LogP contribution in [0.15, 0.2) is 0 Å². The molecular formula is C6H12Cl2OSi. The lowest BCUT2D eigenvalue weighted by Gasteiger charge is -2.27. The second-order valence-corrected chi connectivity index (χ2v) is 7.61. The van der Waals surface area contributed by atoms with Crippen molar-refractivity contribution in [2.75, 3.05) is 6.61 Å². The summed E-state index contributed by atoms with van der Waals surface area (Å²) in [6.07, 6.45) is 0.899. The van der Waals surface area contributed by atoms with E-state index in [9.17, 15) is 0 Å². The third kappa shape index (κ3) is 1.35. The lowest BCUT2D eigenvalue weighted by atomic mass is 10.4. The molecule has 0 aromatic rings. The van der Waals surface area contributed by atoms with Gasteiger partial charge < -0.3 is 4.74 Å². The Morgan fingerprint density at radius 3 is 2.40 bits per heavy atom. The molecule has 0 N–H and O–H groups in total. The average Bonchev–Trinajstić information content (AvgIpc) is 2.15. The van der Waals surface area contributed by atoms with Gasteiger partial charge in [-0.25, -0.2) is 0 Å². The van der Waals surface area contributed by atoms with E-state index in [0.717, 1.165) is 13.0 Å². The number of alkyl halides is 2. The molecule has 1 aliphatic rings. The van der Waals surface area contributed by atoms with Gasteiger partial charge in [-0.3, -0.25) is 0 Å². The molecule has 2 unspecified atom stereocenters. The van der Waals surface area contributed by atoms with Gasteiger partial charge in [0.05, 0.1) is 20.8 Å². The van der Waals surface area contributed by atoms with Gasteiger partial charge in [-0.15, -0.1) is 11.6 Å². The van der Waals surface area contributed by atoms with Crippen LogP contribution >= 0.6 is 23.2 Å². The molecule has 1 aliphatic heterocycles. The fourth-order valence-corrected chi connectivity index (χ4v) is 3.57. The van der Waals surface area contributed by atoms with Crippen molar-refractivity contribution in [1.82, 2.24) is 0 Å². The van der Waals surface area contributed by atoms with E-state index in [4.69, 9.17) is 27.9 Å². The van der Waals surface area contributed by atoms with Crippen molar-refractivity contribution in [3.05, 3.63) is 0 Å². The van der Waals surface area contributed by atoms with Crippen LogP contribution in [-0.4, -0.2) is 25.5 Å². The minimum atomic E-state index is -0.985. The van der Waals surface area contributed by atoms with Crippen LogP contribution < -0.4 is 0 Å². The first-order valence-corrected chi connectivity index (χ1v) is 7.24. The highest BCUT2D eigenvalue weighted by Crippen LogP contribution is 2.36. The molecule has 0 aromatic heterocycles. The summed E-state index contributed by atoms with van der Waals surface area (Å²) in [6, 6.07) is 0. The molecule has 0 saturated carbocycles. The molecular weight excluding hydrogens is 187 g/mol. The van der Waals surface area contributed by atoms with E-state index in [0.29, 0.717) is 0 Å². The number of rotatable bonds is 1. The van der Waals surface area contributed by atoms with Gasteiger partial charge in [0.15, 0.2) is 0 Å². The summed E-state index contributed by atoms with van der Waals surface area (Å²) < 4.78 is 4.94. The van der Waals surface area contributed by atoms with Gasteiger partial charge in [0.2, 0.25) is 0 Å². The van der Waals surface area contributed by atoms with Gasteiger partial charge in [-0.05, 0) is 6.42 Å². The van der Waals surface area contributed by atoms with Crippen LogP contribution in [0, 0.1) is 0 Å². The third-order valence-electron chi connectivity index (χ3n) is 1.91.